The summed E-state index contributed by atoms with van der Waals surface area (Å²) in [7, 11) is -7.63. The van der Waals surface area contributed by atoms with Gasteiger partial charge in [0.2, 0.25) is 20.0 Å². The Hall–Kier alpha value is -0.380. The van der Waals surface area contributed by atoms with Crippen LogP contribution in [0.1, 0.15) is 12.8 Å². The third-order valence-electron chi connectivity index (χ3n) is 3.28. The van der Waals surface area contributed by atoms with E-state index in [2.05, 4.69) is 0 Å². The van der Waals surface area contributed by atoms with Gasteiger partial charge in [-0.25, -0.2) is 22.0 Å². The Kier molecular flexibility index (Phi) is 4.87. The molecule has 0 spiro atoms. The van der Waals surface area contributed by atoms with E-state index in [1.54, 1.807) is 0 Å². The molecule has 0 saturated carbocycles. The number of benzene rings is 1. The van der Waals surface area contributed by atoms with E-state index in [1.165, 1.54) is 18.2 Å². The van der Waals surface area contributed by atoms with Crippen LogP contribution in [0.2, 0.25) is 10.0 Å². The monoisotopic (exact) mass is 372 g/mol. The predicted octanol–water partition coefficient (Wildman–Crippen LogP) is 1.44. The molecule has 1 atom stereocenters. The molecule has 0 aromatic heterocycles. The summed E-state index contributed by atoms with van der Waals surface area (Å²) < 4.78 is 49.0. The van der Waals surface area contributed by atoms with Crippen LogP contribution in [-0.4, -0.2) is 39.5 Å². The van der Waals surface area contributed by atoms with E-state index < -0.39 is 25.3 Å². The maximum Gasteiger partial charge on any atom is 0.243 e. The van der Waals surface area contributed by atoms with Crippen LogP contribution in [0.15, 0.2) is 23.1 Å². The molecule has 1 unspecified atom stereocenters. The molecule has 1 aliphatic heterocycles. The van der Waals surface area contributed by atoms with Crippen molar-refractivity contribution in [2.45, 2.75) is 23.0 Å². The number of nitrogens with zero attached hydrogens (tertiary/aromatic N) is 1. The van der Waals surface area contributed by atoms with Crippen molar-refractivity contribution < 1.29 is 16.8 Å². The van der Waals surface area contributed by atoms with Gasteiger partial charge in [0.05, 0.1) is 10.1 Å². The van der Waals surface area contributed by atoms with Gasteiger partial charge in [0.1, 0.15) is 0 Å². The number of piperidine rings is 1. The molecular formula is C11H14Cl2N2O4S2. The fourth-order valence-corrected chi connectivity index (χ4v) is 5.45. The summed E-state index contributed by atoms with van der Waals surface area (Å²) in [5, 5.41) is 4.61. The van der Waals surface area contributed by atoms with Gasteiger partial charge in [-0.3, -0.25) is 0 Å². The van der Waals surface area contributed by atoms with E-state index in [4.69, 9.17) is 28.3 Å². The van der Waals surface area contributed by atoms with Gasteiger partial charge < -0.3 is 0 Å². The average molecular weight is 373 g/mol. The molecular weight excluding hydrogens is 359 g/mol. The quantitative estimate of drug-likeness (QED) is 0.867. The molecule has 0 aliphatic carbocycles. The molecule has 6 nitrogen and oxygen atoms in total. The van der Waals surface area contributed by atoms with Gasteiger partial charge >= 0.3 is 0 Å². The largest absolute Gasteiger partial charge is 0.243 e. The third-order valence-corrected chi connectivity index (χ3v) is 6.87. The molecule has 2 rings (SSSR count). The molecule has 10 heteroatoms. The minimum absolute atomic E-state index is 0.0601. The van der Waals surface area contributed by atoms with Crippen molar-refractivity contribution in [2.24, 2.45) is 5.14 Å². The molecule has 0 bridgehead atoms. The molecule has 1 aromatic carbocycles. The summed E-state index contributed by atoms with van der Waals surface area (Å²) in [6.45, 7) is 0.0732. The first kappa shape index (κ1) is 17.0. The smallest absolute Gasteiger partial charge is 0.228 e. The Bertz CT molecular complexity index is 729. The standard InChI is InChI=1S/C11H14Cl2N2O4S2/c12-8-4-9(13)6-11(5-8)21(18,19)15-3-1-2-10(7-15)20(14,16)17/h4-6,10H,1-3,7H2,(H2,14,16,17). The topological polar surface area (TPSA) is 97.5 Å². The van der Waals surface area contributed by atoms with E-state index in [9.17, 15) is 16.8 Å². The molecule has 1 saturated heterocycles. The lowest BCUT2D eigenvalue weighted by molar-refractivity contribution is 0.346. The third kappa shape index (κ3) is 3.88. The Morgan fingerprint density at radius 1 is 1.10 bits per heavy atom. The van der Waals surface area contributed by atoms with Gasteiger partial charge in [0.25, 0.3) is 0 Å². The van der Waals surface area contributed by atoms with Crippen LogP contribution in [0.25, 0.3) is 0 Å². The molecule has 1 aromatic rings. The molecule has 2 N–H and O–H groups in total. The normalized spacial score (nSPS) is 21.4. The van der Waals surface area contributed by atoms with Gasteiger partial charge in [-0.1, -0.05) is 23.2 Å². The summed E-state index contributed by atoms with van der Waals surface area (Å²) in [6, 6.07) is 3.98. The van der Waals surface area contributed by atoms with Crippen LogP contribution in [0.5, 0.6) is 0 Å². The van der Waals surface area contributed by atoms with E-state index in [0.29, 0.717) is 12.8 Å². The lowest BCUT2D eigenvalue weighted by Gasteiger charge is -2.30. The van der Waals surface area contributed by atoms with Gasteiger partial charge in [-0.15, -0.1) is 0 Å². The molecule has 118 valence electrons. The van der Waals surface area contributed by atoms with Gasteiger partial charge in [-0.05, 0) is 31.0 Å². The highest BCUT2D eigenvalue weighted by atomic mass is 35.5. The minimum Gasteiger partial charge on any atom is -0.228 e. The average Bonchev–Trinajstić information content (AvgIpc) is 2.36. The molecule has 1 heterocycles. The molecule has 0 amide bonds. The second-order valence-electron chi connectivity index (χ2n) is 4.82. The number of primary sulfonamides is 1. The Morgan fingerprint density at radius 2 is 1.67 bits per heavy atom. The minimum atomic E-state index is -3.86. The van der Waals surface area contributed by atoms with Crippen LogP contribution < -0.4 is 5.14 Å². The van der Waals surface area contributed by atoms with Gasteiger partial charge in [0, 0.05) is 23.1 Å². The van der Waals surface area contributed by atoms with Crippen molar-refractivity contribution >= 4 is 43.2 Å². The fourth-order valence-electron chi connectivity index (χ4n) is 2.22. The zero-order chi connectivity index (χ0) is 15.8. The zero-order valence-corrected chi connectivity index (χ0v) is 14.0. The van der Waals surface area contributed by atoms with Crippen molar-refractivity contribution in [1.29, 1.82) is 0 Å². The summed E-state index contributed by atoms with van der Waals surface area (Å²) in [6.07, 6.45) is 0.774. The van der Waals surface area contributed by atoms with Crippen molar-refractivity contribution in [2.75, 3.05) is 13.1 Å². The second-order valence-corrected chi connectivity index (χ2v) is 9.48. The maximum absolute atomic E-state index is 12.5. The van der Waals surface area contributed by atoms with Crippen molar-refractivity contribution in [1.82, 2.24) is 4.31 Å². The first-order chi connectivity index (χ1) is 9.60. The zero-order valence-electron chi connectivity index (χ0n) is 10.9. The molecule has 1 fully saturated rings. The van der Waals surface area contributed by atoms with Crippen molar-refractivity contribution in [3.05, 3.63) is 28.2 Å². The first-order valence-electron chi connectivity index (χ1n) is 6.08. The van der Waals surface area contributed by atoms with Gasteiger partial charge in [-0.2, -0.15) is 4.31 Å². The second kappa shape index (κ2) is 6.02. The van der Waals surface area contributed by atoms with Crippen LogP contribution in [0.3, 0.4) is 0 Å². The SMILES string of the molecule is NS(=O)(=O)C1CCCN(S(=O)(=O)c2cc(Cl)cc(Cl)c2)C1. The summed E-state index contributed by atoms with van der Waals surface area (Å²) >= 11 is 11.6. The van der Waals surface area contributed by atoms with E-state index in [0.717, 1.165) is 4.31 Å². The summed E-state index contributed by atoms with van der Waals surface area (Å²) in [5.41, 5.74) is 0. The van der Waals surface area contributed by atoms with Crippen LogP contribution in [0, 0.1) is 0 Å². The Balaban J connectivity index is 2.35. The Labute approximate surface area is 133 Å². The number of hydrogen-bond donors (Lipinski definition) is 1. The maximum atomic E-state index is 12.5. The van der Waals surface area contributed by atoms with Crippen LogP contribution in [0.4, 0.5) is 0 Å². The van der Waals surface area contributed by atoms with Crippen LogP contribution in [-0.2, 0) is 20.0 Å². The van der Waals surface area contributed by atoms with Crippen molar-refractivity contribution in [3.8, 4) is 0 Å². The van der Waals surface area contributed by atoms with E-state index >= 15 is 0 Å². The summed E-state index contributed by atoms with van der Waals surface area (Å²) in [4.78, 5) is -0.0601. The first-order valence-corrected chi connectivity index (χ1v) is 9.89. The highest BCUT2D eigenvalue weighted by Crippen LogP contribution is 2.27. The number of nitrogens with two attached hydrogens (primary N) is 1. The molecule has 1 aliphatic rings. The number of halogens is 2. The van der Waals surface area contributed by atoms with Crippen LogP contribution >= 0.6 is 23.2 Å². The number of rotatable bonds is 3. The van der Waals surface area contributed by atoms with Crippen molar-refractivity contribution in [3.63, 3.8) is 0 Å². The predicted molar refractivity (Wildman–Crippen MR) is 81.4 cm³/mol. The highest BCUT2D eigenvalue weighted by molar-refractivity contribution is 7.90. The highest BCUT2D eigenvalue weighted by Gasteiger charge is 2.35. The Morgan fingerprint density at radius 3 is 2.19 bits per heavy atom. The lowest BCUT2D eigenvalue weighted by Crippen LogP contribution is -2.46. The van der Waals surface area contributed by atoms with E-state index in [1.807, 2.05) is 0 Å². The summed E-state index contributed by atoms with van der Waals surface area (Å²) in [5.74, 6) is 0. The lowest BCUT2D eigenvalue weighted by atomic mass is 10.2. The van der Waals surface area contributed by atoms with E-state index in [-0.39, 0.29) is 28.0 Å². The number of hydrogen-bond acceptors (Lipinski definition) is 4. The fraction of sp³-hybridized carbons (Fsp3) is 0.455. The van der Waals surface area contributed by atoms with Gasteiger partial charge in [0.15, 0.2) is 0 Å². The molecule has 21 heavy (non-hydrogen) atoms. The molecule has 0 radical (unpaired) electrons. The number of sulfonamides is 2.